The summed E-state index contributed by atoms with van der Waals surface area (Å²) in [4.78, 5) is 11.9. The fourth-order valence-corrected chi connectivity index (χ4v) is 3.50. The number of nitrogens with one attached hydrogen (secondary N) is 2. The molecular formula is C18H22N4OS. The van der Waals surface area contributed by atoms with Crippen LogP contribution in [0.15, 0.2) is 36.4 Å². The summed E-state index contributed by atoms with van der Waals surface area (Å²) in [6.45, 7) is 0.941. The van der Waals surface area contributed by atoms with Crippen molar-refractivity contribution in [3.05, 3.63) is 42.0 Å². The van der Waals surface area contributed by atoms with Crippen LogP contribution in [0.25, 0.3) is 6.08 Å². The number of carbonyl (C=O) groups excluding carboxylic acids is 1. The molecule has 0 aliphatic heterocycles. The van der Waals surface area contributed by atoms with E-state index in [1.807, 2.05) is 30.3 Å². The SMILES string of the molecule is O=C(/C=C/c1ccccc1)Nc1nnc(NCC2CCCCC2)s1. The smallest absolute Gasteiger partial charge is 0.250 e. The van der Waals surface area contributed by atoms with Crippen LogP contribution in [0.4, 0.5) is 10.3 Å². The van der Waals surface area contributed by atoms with E-state index in [-0.39, 0.29) is 5.91 Å². The number of carbonyl (C=O) groups is 1. The fraction of sp³-hybridized carbons (Fsp3) is 0.389. The Kier molecular flexibility index (Phi) is 5.96. The maximum absolute atomic E-state index is 11.9. The summed E-state index contributed by atoms with van der Waals surface area (Å²) < 4.78 is 0. The number of hydrogen-bond donors (Lipinski definition) is 2. The molecule has 6 heteroatoms. The molecule has 2 N–H and O–H groups in total. The first-order valence-electron chi connectivity index (χ1n) is 8.41. The lowest BCUT2D eigenvalue weighted by Crippen LogP contribution is -2.16. The van der Waals surface area contributed by atoms with Crippen LogP contribution in [0.5, 0.6) is 0 Å². The molecule has 3 rings (SSSR count). The van der Waals surface area contributed by atoms with Crippen molar-refractivity contribution in [1.29, 1.82) is 0 Å². The first-order valence-corrected chi connectivity index (χ1v) is 9.23. The number of rotatable bonds is 6. The van der Waals surface area contributed by atoms with Crippen molar-refractivity contribution in [2.45, 2.75) is 32.1 Å². The second-order valence-corrected chi connectivity index (χ2v) is 7.01. The van der Waals surface area contributed by atoms with Gasteiger partial charge in [-0.25, -0.2) is 0 Å². The lowest BCUT2D eigenvalue weighted by Gasteiger charge is -2.21. The Labute approximate surface area is 146 Å². The molecule has 0 saturated heterocycles. The molecule has 1 heterocycles. The zero-order chi connectivity index (χ0) is 16.6. The van der Waals surface area contributed by atoms with Crippen molar-refractivity contribution in [2.24, 2.45) is 5.92 Å². The van der Waals surface area contributed by atoms with Gasteiger partial charge in [-0.2, -0.15) is 0 Å². The summed E-state index contributed by atoms with van der Waals surface area (Å²) in [7, 11) is 0. The van der Waals surface area contributed by atoms with Gasteiger partial charge in [0.15, 0.2) is 0 Å². The number of amides is 1. The predicted molar refractivity (Wildman–Crippen MR) is 99.1 cm³/mol. The van der Waals surface area contributed by atoms with Gasteiger partial charge in [0.05, 0.1) is 0 Å². The van der Waals surface area contributed by atoms with Crippen LogP contribution < -0.4 is 10.6 Å². The quantitative estimate of drug-likeness (QED) is 0.773. The normalized spacial score (nSPS) is 15.5. The van der Waals surface area contributed by atoms with E-state index in [1.54, 1.807) is 6.08 Å². The highest BCUT2D eigenvalue weighted by Crippen LogP contribution is 2.25. The second kappa shape index (κ2) is 8.59. The molecule has 1 aliphatic carbocycles. The molecule has 0 radical (unpaired) electrons. The van der Waals surface area contributed by atoms with Crippen molar-refractivity contribution >= 4 is 33.6 Å². The van der Waals surface area contributed by atoms with Crippen LogP contribution in [0.2, 0.25) is 0 Å². The summed E-state index contributed by atoms with van der Waals surface area (Å²) in [5.41, 5.74) is 0.986. The molecule has 1 aliphatic rings. The molecule has 1 fully saturated rings. The van der Waals surface area contributed by atoms with Gasteiger partial charge in [0.1, 0.15) is 0 Å². The zero-order valence-electron chi connectivity index (χ0n) is 13.6. The van der Waals surface area contributed by atoms with Gasteiger partial charge in [0.25, 0.3) is 0 Å². The van der Waals surface area contributed by atoms with Gasteiger partial charge >= 0.3 is 0 Å². The van der Waals surface area contributed by atoms with Gasteiger partial charge < -0.3 is 5.32 Å². The molecule has 5 nitrogen and oxygen atoms in total. The average molecular weight is 342 g/mol. The standard InChI is InChI=1S/C18H22N4OS/c23-16(12-11-14-7-3-1-4-8-14)20-18-22-21-17(24-18)19-13-15-9-5-2-6-10-15/h1,3-4,7-8,11-12,15H,2,5-6,9-10,13H2,(H,19,21)(H,20,22,23)/b12-11+. The topological polar surface area (TPSA) is 66.9 Å². The van der Waals surface area contributed by atoms with Gasteiger partial charge in [0.2, 0.25) is 16.2 Å². The van der Waals surface area contributed by atoms with Crippen LogP contribution in [0, 0.1) is 5.92 Å². The maximum Gasteiger partial charge on any atom is 0.250 e. The van der Waals surface area contributed by atoms with E-state index in [2.05, 4.69) is 20.8 Å². The number of aromatic nitrogens is 2. The summed E-state index contributed by atoms with van der Waals surface area (Å²) >= 11 is 1.37. The average Bonchev–Trinajstić information content (AvgIpc) is 3.07. The van der Waals surface area contributed by atoms with Crippen LogP contribution in [0.3, 0.4) is 0 Å². The Morgan fingerprint density at radius 3 is 2.67 bits per heavy atom. The summed E-state index contributed by atoms with van der Waals surface area (Å²) in [5, 5.41) is 15.5. The molecule has 1 saturated carbocycles. The third-order valence-electron chi connectivity index (χ3n) is 4.15. The van der Waals surface area contributed by atoms with E-state index in [0.717, 1.165) is 23.2 Å². The highest BCUT2D eigenvalue weighted by atomic mass is 32.1. The van der Waals surface area contributed by atoms with Crippen LogP contribution in [-0.2, 0) is 4.79 Å². The molecule has 0 unspecified atom stereocenters. The zero-order valence-corrected chi connectivity index (χ0v) is 14.4. The minimum atomic E-state index is -0.200. The van der Waals surface area contributed by atoms with E-state index in [1.165, 1.54) is 49.5 Å². The number of anilines is 2. The second-order valence-electron chi connectivity index (χ2n) is 6.03. The largest absolute Gasteiger partial charge is 0.360 e. The molecule has 0 bridgehead atoms. The predicted octanol–water partition coefficient (Wildman–Crippen LogP) is 4.18. The van der Waals surface area contributed by atoms with Gasteiger partial charge in [0, 0.05) is 12.6 Å². The fourth-order valence-electron chi connectivity index (χ4n) is 2.85. The summed E-state index contributed by atoms with van der Waals surface area (Å²) in [5.74, 6) is 0.531. The van der Waals surface area contributed by atoms with Crippen molar-refractivity contribution in [2.75, 3.05) is 17.2 Å². The summed E-state index contributed by atoms with van der Waals surface area (Å²) in [6.07, 6.45) is 9.89. The lowest BCUT2D eigenvalue weighted by molar-refractivity contribution is -0.111. The van der Waals surface area contributed by atoms with Gasteiger partial charge in [-0.3, -0.25) is 10.1 Å². The third-order valence-corrected chi connectivity index (χ3v) is 4.94. The molecule has 126 valence electrons. The van der Waals surface area contributed by atoms with Crippen molar-refractivity contribution in [1.82, 2.24) is 10.2 Å². The van der Waals surface area contributed by atoms with Crippen LogP contribution >= 0.6 is 11.3 Å². The number of hydrogen-bond acceptors (Lipinski definition) is 5. The molecule has 24 heavy (non-hydrogen) atoms. The molecular weight excluding hydrogens is 320 g/mol. The first-order chi connectivity index (χ1) is 11.8. The van der Waals surface area contributed by atoms with Crippen LogP contribution in [-0.4, -0.2) is 22.6 Å². The highest BCUT2D eigenvalue weighted by Gasteiger charge is 2.14. The molecule has 0 atom stereocenters. The molecule has 1 aromatic carbocycles. The van der Waals surface area contributed by atoms with Gasteiger partial charge in [-0.15, -0.1) is 10.2 Å². The number of benzene rings is 1. The van der Waals surface area contributed by atoms with Crippen molar-refractivity contribution in [3.63, 3.8) is 0 Å². The van der Waals surface area contributed by atoms with Gasteiger partial charge in [-0.05, 0) is 30.4 Å². The van der Waals surface area contributed by atoms with E-state index >= 15 is 0 Å². The minimum absolute atomic E-state index is 0.200. The Morgan fingerprint density at radius 2 is 1.88 bits per heavy atom. The Morgan fingerprint density at radius 1 is 1.12 bits per heavy atom. The Balaban J connectivity index is 1.46. The van der Waals surface area contributed by atoms with Crippen molar-refractivity contribution < 1.29 is 4.79 Å². The Hall–Kier alpha value is -2.21. The Bertz CT molecular complexity index is 677. The first kappa shape index (κ1) is 16.6. The van der Waals surface area contributed by atoms with Crippen LogP contribution in [0.1, 0.15) is 37.7 Å². The lowest BCUT2D eigenvalue weighted by atomic mass is 9.89. The molecule has 1 amide bonds. The van der Waals surface area contributed by atoms with Gasteiger partial charge in [-0.1, -0.05) is 60.9 Å². The third kappa shape index (κ3) is 5.16. The monoisotopic (exact) mass is 342 g/mol. The minimum Gasteiger partial charge on any atom is -0.360 e. The number of nitrogens with zero attached hydrogens (tertiary/aromatic N) is 2. The highest BCUT2D eigenvalue weighted by molar-refractivity contribution is 7.19. The van der Waals surface area contributed by atoms with E-state index < -0.39 is 0 Å². The molecule has 0 spiro atoms. The van der Waals surface area contributed by atoms with E-state index in [0.29, 0.717) is 5.13 Å². The molecule has 1 aromatic heterocycles. The van der Waals surface area contributed by atoms with E-state index in [4.69, 9.17) is 0 Å². The van der Waals surface area contributed by atoms with Crippen molar-refractivity contribution in [3.8, 4) is 0 Å². The van der Waals surface area contributed by atoms with E-state index in [9.17, 15) is 4.79 Å². The molecule has 2 aromatic rings. The summed E-state index contributed by atoms with van der Waals surface area (Å²) in [6, 6.07) is 9.71. The maximum atomic E-state index is 11.9.